The summed E-state index contributed by atoms with van der Waals surface area (Å²) in [7, 11) is 0. The van der Waals surface area contributed by atoms with Crippen LogP contribution >= 0.6 is 0 Å². The normalized spacial score (nSPS) is 13.7. The van der Waals surface area contributed by atoms with Gasteiger partial charge in [-0.3, -0.25) is 9.69 Å². The lowest BCUT2D eigenvalue weighted by molar-refractivity contribution is 0.0299. The van der Waals surface area contributed by atoms with Crippen LogP contribution in [0.25, 0.3) is 10.9 Å². The molecule has 0 saturated carbocycles. The first-order valence-corrected chi connectivity index (χ1v) is 13.6. The highest BCUT2D eigenvalue weighted by molar-refractivity contribution is 5.92. The van der Waals surface area contributed by atoms with E-state index in [-0.39, 0.29) is 5.91 Å². The fourth-order valence-electron chi connectivity index (χ4n) is 5.02. The summed E-state index contributed by atoms with van der Waals surface area (Å²) >= 11 is 0. The number of morpholine rings is 1. The van der Waals surface area contributed by atoms with Gasteiger partial charge >= 0.3 is 0 Å². The molecule has 1 aliphatic heterocycles. The third-order valence-electron chi connectivity index (χ3n) is 7.08. The number of nitrogens with zero attached hydrogens (tertiary/aromatic N) is 3. The number of ether oxygens (including phenoxy) is 2. The van der Waals surface area contributed by atoms with E-state index in [4.69, 9.17) is 13.9 Å². The molecule has 1 fully saturated rings. The van der Waals surface area contributed by atoms with Gasteiger partial charge in [-0.1, -0.05) is 48.5 Å². The molecule has 204 valence electrons. The number of aromatic amines is 1. The second kappa shape index (κ2) is 12.2. The summed E-state index contributed by atoms with van der Waals surface area (Å²) in [5.41, 5.74) is 3.85. The molecule has 2 aromatic heterocycles. The molecule has 0 unspecified atom stereocenters. The summed E-state index contributed by atoms with van der Waals surface area (Å²) in [5, 5.41) is 1.23. The van der Waals surface area contributed by atoms with Crippen molar-refractivity contribution in [3.05, 3.63) is 114 Å². The molecule has 0 spiro atoms. The van der Waals surface area contributed by atoms with Crippen LogP contribution in [0.15, 0.2) is 95.7 Å². The molecular formula is C32H32N4O4. The van der Waals surface area contributed by atoms with Gasteiger partial charge in [0.05, 0.1) is 19.8 Å². The quantitative estimate of drug-likeness (QED) is 0.248. The highest BCUT2D eigenvalue weighted by atomic mass is 16.5. The van der Waals surface area contributed by atoms with Gasteiger partial charge in [-0.25, -0.2) is 4.98 Å². The predicted octanol–water partition coefficient (Wildman–Crippen LogP) is 5.67. The lowest BCUT2D eigenvalue weighted by Crippen LogP contribution is -2.40. The Bertz CT molecular complexity index is 1560. The lowest BCUT2D eigenvalue weighted by atomic mass is 10.1. The number of aromatic nitrogens is 2. The molecule has 1 N–H and O–H groups in total. The summed E-state index contributed by atoms with van der Waals surface area (Å²) in [6.45, 7) is 4.15. The van der Waals surface area contributed by atoms with Crippen LogP contribution in [0.5, 0.6) is 11.5 Å². The molecule has 0 radical (unpaired) electrons. The van der Waals surface area contributed by atoms with Crippen LogP contribution in [-0.2, 0) is 24.2 Å². The van der Waals surface area contributed by atoms with Gasteiger partial charge in [-0.05, 0) is 47.9 Å². The number of amides is 1. The summed E-state index contributed by atoms with van der Waals surface area (Å²) < 4.78 is 17.2. The summed E-state index contributed by atoms with van der Waals surface area (Å²) in [6.07, 6.45) is 4.41. The average Bonchev–Trinajstić information content (AvgIpc) is 3.64. The van der Waals surface area contributed by atoms with Crippen molar-refractivity contribution in [2.45, 2.75) is 19.5 Å². The molecule has 8 heteroatoms. The van der Waals surface area contributed by atoms with Crippen LogP contribution in [0.2, 0.25) is 0 Å². The van der Waals surface area contributed by atoms with E-state index < -0.39 is 0 Å². The molecule has 1 aliphatic rings. The Balaban J connectivity index is 1.19. The van der Waals surface area contributed by atoms with E-state index >= 15 is 0 Å². The largest absolute Gasteiger partial charge is 0.457 e. The van der Waals surface area contributed by atoms with Crippen molar-refractivity contribution in [3.8, 4) is 11.5 Å². The van der Waals surface area contributed by atoms with Gasteiger partial charge in [0.2, 0.25) is 5.89 Å². The standard InChI is InChI=1S/C32H32N4O4/c37-32(36-15-17-38-18-16-36)30-23-39-31(34-30)22-35(14-13-25-20-33-29-12-5-4-11-28(25)29)21-24-7-6-10-27(19-24)40-26-8-2-1-3-9-26/h1-12,19-20,23,33H,13-18,21-22H2. The minimum absolute atomic E-state index is 0.116. The zero-order chi connectivity index (χ0) is 27.1. The van der Waals surface area contributed by atoms with Crippen molar-refractivity contribution in [3.63, 3.8) is 0 Å². The van der Waals surface area contributed by atoms with Crippen LogP contribution in [-0.4, -0.2) is 58.5 Å². The van der Waals surface area contributed by atoms with Crippen molar-refractivity contribution in [2.75, 3.05) is 32.8 Å². The Morgan fingerprint density at radius 3 is 2.62 bits per heavy atom. The molecule has 3 heterocycles. The van der Waals surface area contributed by atoms with Crippen molar-refractivity contribution in [1.29, 1.82) is 0 Å². The number of rotatable bonds is 10. The van der Waals surface area contributed by atoms with Gasteiger partial charge in [0, 0.05) is 43.3 Å². The molecule has 1 amide bonds. The number of para-hydroxylation sites is 2. The Morgan fingerprint density at radius 2 is 1.75 bits per heavy atom. The van der Waals surface area contributed by atoms with E-state index in [2.05, 4.69) is 51.4 Å². The van der Waals surface area contributed by atoms with Crippen molar-refractivity contribution >= 4 is 16.8 Å². The van der Waals surface area contributed by atoms with Gasteiger partial charge in [0.25, 0.3) is 5.91 Å². The molecule has 1 saturated heterocycles. The van der Waals surface area contributed by atoms with Crippen LogP contribution in [0.4, 0.5) is 0 Å². The van der Waals surface area contributed by atoms with Gasteiger partial charge in [0.1, 0.15) is 17.8 Å². The third-order valence-corrected chi connectivity index (χ3v) is 7.08. The minimum atomic E-state index is -0.116. The number of benzene rings is 3. The number of hydrogen-bond donors (Lipinski definition) is 1. The van der Waals surface area contributed by atoms with Gasteiger partial charge < -0.3 is 23.8 Å². The van der Waals surface area contributed by atoms with E-state index in [0.29, 0.717) is 51.0 Å². The number of nitrogens with one attached hydrogen (secondary N) is 1. The zero-order valence-corrected chi connectivity index (χ0v) is 22.3. The second-order valence-electron chi connectivity index (χ2n) is 9.91. The molecule has 0 atom stereocenters. The van der Waals surface area contributed by atoms with Gasteiger partial charge in [-0.15, -0.1) is 0 Å². The second-order valence-corrected chi connectivity index (χ2v) is 9.91. The topological polar surface area (TPSA) is 83.8 Å². The maximum Gasteiger partial charge on any atom is 0.275 e. The van der Waals surface area contributed by atoms with E-state index in [1.807, 2.05) is 48.5 Å². The number of fused-ring (bicyclic) bond motifs is 1. The van der Waals surface area contributed by atoms with Crippen LogP contribution in [0, 0.1) is 0 Å². The first-order chi connectivity index (χ1) is 19.7. The Morgan fingerprint density at radius 1 is 0.950 bits per heavy atom. The number of carbonyl (C=O) groups is 1. The fraction of sp³-hybridized carbons (Fsp3) is 0.250. The van der Waals surface area contributed by atoms with Crippen LogP contribution < -0.4 is 4.74 Å². The Labute approximate surface area is 233 Å². The van der Waals surface area contributed by atoms with Gasteiger partial charge in [0.15, 0.2) is 5.69 Å². The SMILES string of the molecule is O=C(c1coc(CN(CCc2c[nH]c3ccccc23)Cc2cccc(Oc3ccccc3)c2)n1)N1CCOCC1. The molecule has 8 nitrogen and oxygen atoms in total. The summed E-state index contributed by atoms with van der Waals surface area (Å²) in [5.74, 6) is 1.99. The minimum Gasteiger partial charge on any atom is -0.457 e. The predicted molar refractivity (Wildman–Crippen MR) is 152 cm³/mol. The first-order valence-electron chi connectivity index (χ1n) is 13.6. The van der Waals surface area contributed by atoms with Crippen molar-refractivity contribution in [2.24, 2.45) is 0 Å². The van der Waals surface area contributed by atoms with E-state index in [9.17, 15) is 4.79 Å². The molecule has 0 bridgehead atoms. The molecule has 3 aromatic carbocycles. The lowest BCUT2D eigenvalue weighted by Gasteiger charge is -2.25. The molecule has 40 heavy (non-hydrogen) atoms. The molecule has 6 rings (SSSR count). The summed E-state index contributed by atoms with van der Waals surface area (Å²) in [4.78, 5) is 24.9. The van der Waals surface area contributed by atoms with Crippen molar-refractivity contribution < 1.29 is 18.7 Å². The molecule has 0 aliphatic carbocycles. The summed E-state index contributed by atoms with van der Waals surface area (Å²) in [6, 6.07) is 26.2. The van der Waals surface area contributed by atoms with E-state index in [1.54, 1.807) is 4.90 Å². The Kier molecular flexibility index (Phi) is 7.88. The monoisotopic (exact) mass is 536 g/mol. The van der Waals surface area contributed by atoms with Crippen LogP contribution in [0.3, 0.4) is 0 Å². The number of carbonyl (C=O) groups excluding carboxylic acids is 1. The Hall–Kier alpha value is -4.40. The highest BCUT2D eigenvalue weighted by Crippen LogP contribution is 2.24. The maximum absolute atomic E-state index is 12.9. The van der Waals surface area contributed by atoms with E-state index in [0.717, 1.165) is 35.5 Å². The molecule has 5 aromatic rings. The zero-order valence-electron chi connectivity index (χ0n) is 22.3. The number of oxazole rings is 1. The smallest absolute Gasteiger partial charge is 0.275 e. The van der Waals surface area contributed by atoms with Crippen LogP contribution in [0.1, 0.15) is 27.5 Å². The fourth-order valence-corrected chi connectivity index (χ4v) is 5.02. The first kappa shape index (κ1) is 25.9. The molecular weight excluding hydrogens is 504 g/mol. The van der Waals surface area contributed by atoms with E-state index in [1.165, 1.54) is 17.2 Å². The maximum atomic E-state index is 12.9. The average molecular weight is 537 g/mol. The number of H-pyrrole nitrogens is 1. The third kappa shape index (κ3) is 6.25. The number of hydrogen-bond acceptors (Lipinski definition) is 6. The highest BCUT2D eigenvalue weighted by Gasteiger charge is 2.22. The van der Waals surface area contributed by atoms with Gasteiger partial charge in [-0.2, -0.15) is 0 Å². The van der Waals surface area contributed by atoms with Crippen molar-refractivity contribution in [1.82, 2.24) is 19.8 Å².